The molecule has 1 aromatic carbocycles. The highest BCUT2D eigenvalue weighted by atomic mass is 35.5. The van der Waals surface area contributed by atoms with E-state index in [1.54, 1.807) is 6.07 Å². The summed E-state index contributed by atoms with van der Waals surface area (Å²) in [5.41, 5.74) is 7.63. The van der Waals surface area contributed by atoms with Crippen molar-refractivity contribution in [2.45, 2.75) is 38.6 Å². The van der Waals surface area contributed by atoms with Crippen molar-refractivity contribution in [3.05, 3.63) is 34.9 Å². The smallest absolute Gasteiger partial charge is 0.132 e. The predicted molar refractivity (Wildman–Crippen MR) is 79.3 cm³/mol. The fraction of sp³-hybridized carbons (Fsp3) is 0.400. The number of benzene rings is 1. The molecule has 1 fully saturated rings. The van der Waals surface area contributed by atoms with Crippen molar-refractivity contribution < 1.29 is 4.39 Å². The number of hydrogen-bond donors (Lipinski definition) is 1. The molecule has 3 nitrogen and oxygen atoms in total. The van der Waals surface area contributed by atoms with Crippen molar-refractivity contribution in [3.63, 3.8) is 0 Å². The van der Waals surface area contributed by atoms with Crippen LogP contribution in [0.15, 0.2) is 18.2 Å². The van der Waals surface area contributed by atoms with E-state index in [1.165, 1.54) is 12.1 Å². The van der Waals surface area contributed by atoms with Gasteiger partial charge in [0, 0.05) is 18.0 Å². The number of aryl methyl sites for hydroxylation is 1. The molecular formula is C15H17ClFN3. The molecule has 20 heavy (non-hydrogen) atoms. The molecule has 0 spiro atoms. The van der Waals surface area contributed by atoms with Crippen molar-refractivity contribution in [1.29, 1.82) is 0 Å². The minimum atomic E-state index is -0.354. The third-order valence-corrected chi connectivity index (χ3v) is 3.91. The Bertz CT molecular complexity index is 647. The van der Waals surface area contributed by atoms with Gasteiger partial charge in [-0.3, -0.25) is 0 Å². The van der Waals surface area contributed by atoms with E-state index in [4.69, 9.17) is 17.3 Å². The Hall–Kier alpha value is -1.55. The van der Waals surface area contributed by atoms with Gasteiger partial charge in [-0.15, -0.1) is 0 Å². The zero-order valence-corrected chi connectivity index (χ0v) is 12.1. The molecule has 0 atom stereocenters. The van der Waals surface area contributed by atoms with E-state index in [0.717, 1.165) is 31.5 Å². The first-order valence-electron chi connectivity index (χ1n) is 6.93. The van der Waals surface area contributed by atoms with Crippen molar-refractivity contribution >= 4 is 17.4 Å². The Morgan fingerprint density at radius 1 is 1.45 bits per heavy atom. The highest BCUT2D eigenvalue weighted by Crippen LogP contribution is 2.42. The average molecular weight is 294 g/mol. The summed E-state index contributed by atoms with van der Waals surface area (Å²) in [7, 11) is 0. The van der Waals surface area contributed by atoms with Gasteiger partial charge in [-0.1, -0.05) is 18.5 Å². The Kier molecular flexibility index (Phi) is 3.42. The SMILES string of the molecule is CCCc1nc(-c2ccc(F)cc2Cl)c(N)n1C1CC1. The molecule has 1 aliphatic carbocycles. The fourth-order valence-corrected chi connectivity index (χ4v) is 2.77. The summed E-state index contributed by atoms with van der Waals surface area (Å²) in [4.78, 5) is 4.65. The van der Waals surface area contributed by atoms with E-state index in [2.05, 4.69) is 16.5 Å². The van der Waals surface area contributed by atoms with Gasteiger partial charge in [-0.05, 0) is 37.5 Å². The summed E-state index contributed by atoms with van der Waals surface area (Å²) >= 11 is 6.13. The van der Waals surface area contributed by atoms with Crippen LogP contribution >= 0.6 is 11.6 Å². The van der Waals surface area contributed by atoms with Crippen LogP contribution in [0.25, 0.3) is 11.3 Å². The molecule has 0 unspecified atom stereocenters. The zero-order chi connectivity index (χ0) is 14.3. The predicted octanol–water partition coefficient (Wildman–Crippen LogP) is 4.21. The molecule has 106 valence electrons. The monoisotopic (exact) mass is 293 g/mol. The second-order valence-corrected chi connectivity index (χ2v) is 5.64. The molecule has 0 aliphatic heterocycles. The Labute approximate surface area is 122 Å². The first kappa shape index (κ1) is 13.4. The third kappa shape index (κ3) is 2.29. The zero-order valence-electron chi connectivity index (χ0n) is 11.4. The molecular weight excluding hydrogens is 277 g/mol. The molecule has 2 aromatic rings. The lowest BCUT2D eigenvalue weighted by molar-refractivity contribution is 0.628. The number of nitrogens with two attached hydrogens (primary N) is 1. The second kappa shape index (κ2) is 5.09. The Morgan fingerprint density at radius 3 is 2.80 bits per heavy atom. The molecule has 1 saturated carbocycles. The number of hydrogen-bond acceptors (Lipinski definition) is 2. The highest BCUT2D eigenvalue weighted by Gasteiger charge is 2.30. The van der Waals surface area contributed by atoms with Crippen LogP contribution in [0.4, 0.5) is 10.2 Å². The number of nitrogens with zero attached hydrogens (tertiary/aromatic N) is 2. The van der Waals surface area contributed by atoms with Crippen LogP contribution in [0.3, 0.4) is 0 Å². The Morgan fingerprint density at radius 2 is 2.20 bits per heavy atom. The van der Waals surface area contributed by atoms with E-state index < -0.39 is 0 Å². The summed E-state index contributed by atoms with van der Waals surface area (Å²) in [5.74, 6) is 1.29. The van der Waals surface area contributed by atoms with E-state index >= 15 is 0 Å². The largest absolute Gasteiger partial charge is 0.383 e. The standard InChI is InChI=1S/C15H17ClFN3/c1-2-3-13-19-14(15(18)20(13)10-5-6-10)11-7-4-9(17)8-12(11)16/h4,7-8,10H,2-3,5-6,18H2,1H3. The van der Waals surface area contributed by atoms with E-state index in [1.807, 2.05) is 0 Å². The van der Waals surface area contributed by atoms with Crippen molar-refractivity contribution in [1.82, 2.24) is 9.55 Å². The van der Waals surface area contributed by atoms with Crippen LogP contribution in [-0.4, -0.2) is 9.55 Å². The van der Waals surface area contributed by atoms with Crippen LogP contribution < -0.4 is 5.73 Å². The quantitative estimate of drug-likeness (QED) is 0.917. The number of imidazole rings is 1. The maximum absolute atomic E-state index is 13.2. The molecule has 0 amide bonds. The van der Waals surface area contributed by atoms with Gasteiger partial charge in [0.1, 0.15) is 23.2 Å². The molecule has 0 bridgehead atoms. The second-order valence-electron chi connectivity index (χ2n) is 5.24. The number of anilines is 1. The van der Waals surface area contributed by atoms with Gasteiger partial charge in [-0.2, -0.15) is 0 Å². The lowest BCUT2D eigenvalue weighted by atomic mass is 10.1. The molecule has 3 rings (SSSR count). The van der Waals surface area contributed by atoms with Crippen LogP contribution in [0.5, 0.6) is 0 Å². The van der Waals surface area contributed by atoms with Crippen molar-refractivity contribution in [2.24, 2.45) is 0 Å². The summed E-state index contributed by atoms with van der Waals surface area (Å²) in [6, 6.07) is 4.79. The molecule has 1 aliphatic rings. The van der Waals surface area contributed by atoms with Crippen LogP contribution in [0, 0.1) is 5.82 Å². The first-order chi connectivity index (χ1) is 9.61. The molecule has 0 radical (unpaired) electrons. The maximum atomic E-state index is 13.2. The van der Waals surface area contributed by atoms with Crippen molar-refractivity contribution in [2.75, 3.05) is 5.73 Å². The van der Waals surface area contributed by atoms with E-state index in [0.29, 0.717) is 28.1 Å². The highest BCUT2D eigenvalue weighted by molar-refractivity contribution is 6.33. The molecule has 1 heterocycles. The topological polar surface area (TPSA) is 43.8 Å². The van der Waals surface area contributed by atoms with Gasteiger partial charge in [0.25, 0.3) is 0 Å². The van der Waals surface area contributed by atoms with Crippen molar-refractivity contribution in [3.8, 4) is 11.3 Å². The van der Waals surface area contributed by atoms with Crippen LogP contribution in [0.1, 0.15) is 38.1 Å². The van der Waals surface area contributed by atoms with Gasteiger partial charge in [-0.25, -0.2) is 9.37 Å². The number of halogens is 2. The molecule has 1 aromatic heterocycles. The van der Waals surface area contributed by atoms with Gasteiger partial charge in [0.05, 0.1) is 5.02 Å². The fourth-order valence-electron chi connectivity index (χ4n) is 2.51. The van der Waals surface area contributed by atoms with Crippen LogP contribution in [0.2, 0.25) is 5.02 Å². The summed E-state index contributed by atoms with van der Waals surface area (Å²) < 4.78 is 15.3. The first-order valence-corrected chi connectivity index (χ1v) is 7.31. The summed E-state index contributed by atoms with van der Waals surface area (Å²) in [5, 5.41) is 0.347. The van der Waals surface area contributed by atoms with Gasteiger partial charge >= 0.3 is 0 Å². The normalized spacial score (nSPS) is 14.8. The van der Waals surface area contributed by atoms with E-state index in [9.17, 15) is 4.39 Å². The molecule has 0 saturated heterocycles. The van der Waals surface area contributed by atoms with Gasteiger partial charge < -0.3 is 10.3 Å². The maximum Gasteiger partial charge on any atom is 0.132 e. The lowest BCUT2D eigenvalue weighted by Crippen LogP contribution is -2.05. The Balaban J connectivity index is 2.11. The van der Waals surface area contributed by atoms with Crippen LogP contribution in [-0.2, 0) is 6.42 Å². The average Bonchev–Trinajstić information content (AvgIpc) is 3.17. The molecule has 2 N–H and O–H groups in total. The summed E-state index contributed by atoms with van der Waals surface area (Å²) in [6.07, 6.45) is 4.20. The molecule has 5 heteroatoms. The lowest BCUT2D eigenvalue weighted by Gasteiger charge is -2.07. The van der Waals surface area contributed by atoms with Gasteiger partial charge in [0.15, 0.2) is 0 Å². The number of rotatable bonds is 4. The number of aromatic nitrogens is 2. The summed E-state index contributed by atoms with van der Waals surface area (Å²) in [6.45, 7) is 2.12. The minimum Gasteiger partial charge on any atom is -0.383 e. The third-order valence-electron chi connectivity index (χ3n) is 3.59. The number of nitrogen functional groups attached to an aromatic ring is 1. The van der Waals surface area contributed by atoms with E-state index in [-0.39, 0.29) is 5.82 Å². The minimum absolute atomic E-state index is 0.347. The van der Waals surface area contributed by atoms with Gasteiger partial charge in [0.2, 0.25) is 0 Å².